The van der Waals surface area contributed by atoms with Gasteiger partial charge in [0.25, 0.3) is 5.56 Å². The number of H-pyrrole nitrogens is 1. The van der Waals surface area contributed by atoms with Gasteiger partial charge in [0, 0.05) is 44.2 Å². The number of nitrogens with one attached hydrogen (secondary N) is 1. The van der Waals surface area contributed by atoms with Gasteiger partial charge in [0.2, 0.25) is 5.91 Å². The van der Waals surface area contributed by atoms with E-state index in [2.05, 4.69) is 10.1 Å². The Labute approximate surface area is 167 Å². The lowest BCUT2D eigenvalue weighted by Crippen LogP contribution is -2.40. The lowest BCUT2D eigenvalue weighted by atomic mass is 9.96. The Hall–Kier alpha value is -2.74. The van der Waals surface area contributed by atoms with Crippen molar-refractivity contribution in [2.75, 3.05) is 13.1 Å². The maximum Gasteiger partial charge on any atom is 0.251 e. The molecule has 4 heterocycles. The molecule has 3 aromatic heterocycles. The van der Waals surface area contributed by atoms with E-state index in [1.54, 1.807) is 22.2 Å². The van der Waals surface area contributed by atoms with Gasteiger partial charge in [0.15, 0.2) is 0 Å². The van der Waals surface area contributed by atoms with E-state index in [-0.39, 0.29) is 17.4 Å². The number of amides is 1. The molecule has 1 saturated heterocycles. The average Bonchev–Trinajstić information content (AvgIpc) is 3.37. The van der Waals surface area contributed by atoms with Crippen molar-refractivity contribution in [2.45, 2.75) is 38.6 Å². The van der Waals surface area contributed by atoms with E-state index in [0.29, 0.717) is 31.0 Å². The smallest absolute Gasteiger partial charge is 0.251 e. The number of aromatic amines is 1. The quantitative estimate of drug-likeness (QED) is 0.718. The van der Waals surface area contributed by atoms with E-state index >= 15 is 0 Å². The zero-order valence-electron chi connectivity index (χ0n) is 15.8. The second kappa shape index (κ2) is 8.10. The van der Waals surface area contributed by atoms with Gasteiger partial charge < -0.3 is 9.88 Å². The van der Waals surface area contributed by atoms with Crippen molar-refractivity contribution in [1.29, 1.82) is 0 Å². The molecule has 1 N–H and O–H groups in total. The van der Waals surface area contributed by atoms with Crippen LogP contribution in [0.5, 0.6) is 0 Å². The van der Waals surface area contributed by atoms with Gasteiger partial charge in [-0.15, -0.1) is 11.3 Å². The molecule has 1 atom stereocenters. The summed E-state index contributed by atoms with van der Waals surface area (Å²) in [5.41, 5.74) is 1.64. The molecule has 1 fully saturated rings. The predicted molar refractivity (Wildman–Crippen MR) is 108 cm³/mol. The number of carbonyl (C=O) groups excluding carboxylic acids is 1. The van der Waals surface area contributed by atoms with Crippen LogP contribution >= 0.6 is 11.3 Å². The van der Waals surface area contributed by atoms with E-state index in [0.717, 1.165) is 29.8 Å². The normalized spacial score (nSPS) is 17.0. The Morgan fingerprint density at radius 1 is 1.43 bits per heavy atom. The SMILES string of the molecule is Cc1cnn(CCC(=O)N2CCC[C@@H](c3nc(-c4cccs4)cc(=O)[nH]3)C2)c1. The van der Waals surface area contributed by atoms with Crippen molar-refractivity contribution >= 4 is 17.2 Å². The molecule has 146 valence electrons. The molecule has 0 spiro atoms. The molecular formula is C20H23N5O2S. The summed E-state index contributed by atoms with van der Waals surface area (Å²) in [5, 5.41) is 6.21. The Morgan fingerprint density at radius 3 is 3.07 bits per heavy atom. The molecule has 3 aromatic rings. The van der Waals surface area contributed by atoms with Gasteiger partial charge in [-0.2, -0.15) is 5.10 Å². The molecule has 1 aliphatic heterocycles. The summed E-state index contributed by atoms with van der Waals surface area (Å²) in [5.74, 6) is 0.850. The van der Waals surface area contributed by atoms with Crippen molar-refractivity contribution in [3.63, 3.8) is 0 Å². The molecule has 28 heavy (non-hydrogen) atoms. The number of thiophene rings is 1. The lowest BCUT2D eigenvalue weighted by molar-refractivity contribution is -0.132. The molecule has 0 saturated carbocycles. The zero-order valence-corrected chi connectivity index (χ0v) is 16.6. The van der Waals surface area contributed by atoms with Gasteiger partial charge in [-0.3, -0.25) is 14.3 Å². The highest BCUT2D eigenvalue weighted by Crippen LogP contribution is 2.27. The average molecular weight is 398 g/mol. The number of aryl methyl sites for hydroxylation is 2. The van der Waals surface area contributed by atoms with E-state index in [9.17, 15) is 9.59 Å². The zero-order chi connectivity index (χ0) is 19.5. The lowest BCUT2D eigenvalue weighted by Gasteiger charge is -2.32. The van der Waals surface area contributed by atoms with Crippen LogP contribution in [0.4, 0.5) is 0 Å². The number of rotatable bonds is 5. The number of piperidine rings is 1. The van der Waals surface area contributed by atoms with Crippen LogP contribution in [0.2, 0.25) is 0 Å². The van der Waals surface area contributed by atoms with Crippen molar-refractivity contribution in [2.24, 2.45) is 0 Å². The van der Waals surface area contributed by atoms with E-state index < -0.39 is 0 Å². The van der Waals surface area contributed by atoms with Crippen LogP contribution in [0.25, 0.3) is 10.6 Å². The van der Waals surface area contributed by atoms with Crippen LogP contribution in [0.1, 0.15) is 36.6 Å². The number of hydrogen-bond donors (Lipinski definition) is 1. The maximum absolute atomic E-state index is 12.7. The third-order valence-electron chi connectivity index (χ3n) is 5.01. The summed E-state index contributed by atoms with van der Waals surface area (Å²) in [4.78, 5) is 35.3. The first-order chi connectivity index (χ1) is 13.6. The fourth-order valence-electron chi connectivity index (χ4n) is 3.60. The number of hydrogen-bond acceptors (Lipinski definition) is 5. The molecule has 8 heteroatoms. The van der Waals surface area contributed by atoms with Gasteiger partial charge in [0.1, 0.15) is 5.82 Å². The van der Waals surface area contributed by atoms with Crippen LogP contribution in [0, 0.1) is 6.92 Å². The van der Waals surface area contributed by atoms with Gasteiger partial charge in [-0.1, -0.05) is 6.07 Å². The Morgan fingerprint density at radius 2 is 2.32 bits per heavy atom. The highest BCUT2D eigenvalue weighted by atomic mass is 32.1. The van der Waals surface area contributed by atoms with Gasteiger partial charge in [-0.05, 0) is 36.8 Å². The molecule has 0 unspecified atom stereocenters. The first-order valence-electron chi connectivity index (χ1n) is 9.50. The largest absolute Gasteiger partial charge is 0.342 e. The summed E-state index contributed by atoms with van der Waals surface area (Å²) in [7, 11) is 0. The first-order valence-corrected chi connectivity index (χ1v) is 10.4. The number of aromatic nitrogens is 4. The summed E-state index contributed by atoms with van der Waals surface area (Å²) >= 11 is 1.56. The van der Waals surface area contributed by atoms with E-state index in [1.165, 1.54) is 6.07 Å². The van der Waals surface area contributed by atoms with Crippen LogP contribution < -0.4 is 5.56 Å². The molecular weight excluding hydrogens is 374 g/mol. The summed E-state index contributed by atoms with van der Waals surface area (Å²) in [6, 6.07) is 5.45. The summed E-state index contributed by atoms with van der Waals surface area (Å²) in [6.45, 7) is 3.91. The number of likely N-dealkylation sites (tertiary alicyclic amines) is 1. The summed E-state index contributed by atoms with van der Waals surface area (Å²) < 4.78 is 1.80. The minimum Gasteiger partial charge on any atom is -0.342 e. The van der Waals surface area contributed by atoms with Crippen molar-refractivity contribution < 1.29 is 4.79 Å². The summed E-state index contributed by atoms with van der Waals surface area (Å²) in [6.07, 6.45) is 5.98. The molecule has 1 aliphatic rings. The third kappa shape index (κ3) is 4.22. The van der Waals surface area contributed by atoms with Crippen LogP contribution in [0.15, 0.2) is 40.8 Å². The predicted octanol–water partition coefficient (Wildman–Crippen LogP) is 2.80. The van der Waals surface area contributed by atoms with Gasteiger partial charge >= 0.3 is 0 Å². The highest BCUT2D eigenvalue weighted by molar-refractivity contribution is 7.13. The minimum absolute atomic E-state index is 0.0530. The van der Waals surface area contributed by atoms with Crippen LogP contribution in [0.3, 0.4) is 0 Å². The first kappa shape index (κ1) is 18.6. The third-order valence-corrected chi connectivity index (χ3v) is 5.90. The molecule has 7 nitrogen and oxygen atoms in total. The Balaban J connectivity index is 1.45. The van der Waals surface area contributed by atoms with Gasteiger partial charge in [0.05, 0.1) is 16.8 Å². The second-order valence-electron chi connectivity index (χ2n) is 7.20. The maximum atomic E-state index is 12.7. The second-order valence-corrected chi connectivity index (χ2v) is 8.15. The van der Waals surface area contributed by atoms with Gasteiger partial charge in [-0.25, -0.2) is 4.98 Å². The van der Waals surface area contributed by atoms with Crippen molar-refractivity contribution in [3.05, 3.63) is 57.7 Å². The fourth-order valence-corrected chi connectivity index (χ4v) is 4.29. The standard InChI is InChI=1S/C20H23N5O2S/c1-14-11-21-25(12-14)8-6-19(27)24-7-2-4-15(13-24)20-22-16(10-18(26)23-20)17-5-3-9-28-17/h3,5,9-12,15H,2,4,6-8,13H2,1H3,(H,22,23,26)/t15-/m1/s1. The van der Waals surface area contributed by atoms with E-state index in [1.807, 2.05) is 35.5 Å². The molecule has 0 aromatic carbocycles. The molecule has 4 rings (SSSR count). The Kier molecular flexibility index (Phi) is 5.38. The fraction of sp³-hybridized carbons (Fsp3) is 0.400. The van der Waals surface area contributed by atoms with E-state index in [4.69, 9.17) is 4.98 Å². The molecule has 0 bridgehead atoms. The minimum atomic E-state index is -0.147. The molecule has 1 amide bonds. The van der Waals surface area contributed by atoms with Crippen molar-refractivity contribution in [1.82, 2.24) is 24.6 Å². The monoisotopic (exact) mass is 397 g/mol. The van der Waals surface area contributed by atoms with Crippen molar-refractivity contribution in [3.8, 4) is 10.6 Å². The van der Waals surface area contributed by atoms with Crippen LogP contribution in [-0.2, 0) is 11.3 Å². The topological polar surface area (TPSA) is 83.9 Å². The van der Waals surface area contributed by atoms with Crippen LogP contribution in [-0.4, -0.2) is 43.6 Å². The number of carbonyl (C=O) groups is 1. The highest BCUT2D eigenvalue weighted by Gasteiger charge is 2.26. The molecule has 0 radical (unpaired) electrons. The Bertz CT molecular complexity index is 1010. The molecule has 0 aliphatic carbocycles. The number of nitrogens with zero attached hydrogens (tertiary/aromatic N) is 4.